The van der Waals surface area contributed by atoms with Gasteiger partial charge in [-0.15, -0.1) is 0 Å². The highest BCUT2D eigenvalue weighted by Crippen LogP contribution is 2.33. The maximum atomic E-state index is 12.9. The van der Waals surface area contributed by atoms with Gasteiger partial charge in [-0.05, 0) is 49.1 Å². The number of nitrogens with one attached hydrogen (secondary N) is 1. The third kappa shape index (κ3) is 4.95. The van der Waals surface area contributed by atoms with Crippen LogP contribution >= 0.6 is 11.6 Å². The first kappa shape index (κ1) is 20.9. The molecule has 28 heavy (non-hydrogen) atoms. The standard InChI is InChI=1S/C18H19ClF3N3O2S/c19-15-6-5-14(18(20,21)22)10-16(15)28(26,27)24-12-13-4-7-17(23-11-13)25-8-2-1-3-9-25/h4-7,10-11,24H,1-3,8-9,12H2. The van der Waals surface area contributed by atoms with E-state index in [0.717, 1.165) is 43.9 Å². The monoisotopic (exact) mass is 433 g/mol. The lowest BCUT2D eigenvalue weighted by molar-refractivity contribution is -0.137. The van der Waals surface area contributed by atoms with Gasteiger partial charge in [-0.2, -0.15) is 13.2 Å². The van der Waals surface area contributed by atoms with E-state index < -0.39 is 26.7 Å². The molecule has 5 nitrogen and oxygen atoms in total. The van der Waals surface area contributed by atoms with Crippen molar-refractivity contribution in [2.24, 2.45) is 0 Å². The third-order valence-corrected chi connectivity index (χ3v) is 6.39. The molecule has 1 saturated heterocycles. The van der Waals surface area contributed by atoms with Crippen molar-refractivity contribution in [1.82, 2.24) is 9.71 Å². The highest BCUT2D eigenvalue weighted by Gasteiger charge is 2.32. The Labute approximate surface area is 166 Å². The van der Waals surface area contributed by atoms with Gasteiger partial charge in [0, 0.05) is 25.8 Å². The highest BCUT2D eigenvalue weighted by molar-refractivity contribution is 7.89. The minimum Gasteiger partial charge on any atom is -0.357 e. The Morgan fingerprint density at radius 3 is 2.43 bits per heavy atom. The Morgan fingerprint density at radius 2 is 1.82 bits per heavy atom. The van der Waals surface area contributed by atoms with Crippen LogP contribution in [0.1, 0.15) is 30.4 Å². The second kappa shape index (κ2) is 8.26. The van der Waals surface area contributed by atoms with Crippen molar-refractivity contribution in [3.63, 3.8) is 0 Å². The first-order chi connectivity index (χ1) is 13.2. The van der Waals surface area contributed by atoms with Gasteiger partial charge >= 0.3 is 6.18 Å². The number of halogens is 4. The second-order valence-corrected chi connectivity index (χ2v) is 8.68. The van der Waals surface area contributed by atoms with Gasteiger partial charge in [-0.1, -0.05) is 17.7 Å². The predicted octanol–water partition coefficient (Wildman–Crippen LogP) is 4.22. The molecule has 1 aliphatic rings. The van der Waals surface area contributed by atoms with Crippen molar-refractivity contribution in [1.29, 1.82) is 0 Å². The SMILES string of the molecule is O=S(=O)(NCc1ccc(N2CCCCC2)nc1)c1cc(C(F)(F)F)ccc1Cl. The number of piperidine rings is 1. The molecule has 0 bridgehead atoms. The minimum atomic E-state index is -4.66. The molecule has 3 rings (SSSR count). The van der Waals surface area contributed by atoms with Crippen molar-refractivity contribution in [3.8, 4) is 0 Å². The molecule has 1 fully saturated rings. The van der Waals surface area contributed by atoms with Crippen LogP contribution in [0.2, 0.25) is 5.02 Å². The number of hydrogen-bond donors (Lipinski definition) is 1. The van der Waals surface area contributed by atoms with Crippen LogP contribution in [0.15, 0.2) is 41.4 Å². The molecule has 1 aliphatic heterocycles. The summed E-state index contributed by atoms with van der Waals surface area (Å²) in [6, 6.07) is 5.75. The van der Waals surface area contributed by atoms with Crippen molar-refractivity contribution in [2.45, 2.75) is 36.9 Å². The van der Waals surface area contributed by atoms with Crippen LogP contribution in [0.3, 0.4) is 0 Å². The topological polar surface area (TPSA) is 62.3 Å². The summed E-state index contributed by atoms with van der Waals surface area (Å²) in [6.07, 6.45) is 0.319. The Balaban J connectivity index is 1.71. The summed E-state index contributed by atoms with van der Waals surface area (Å²) in [4.78, 5) is 5.91. The van der Waals surface area contributed by atoms with Gasteiger partial charge in [-0.3, -0.25) is 0 Å². The predicted molar refractivity (Wildman–Crippen MR) is 101 cm³/mol. The third-order valence-electron chi connectivity index (χ3n) is 4.50. The van der Waals surface area contributed by atoms with Gasteiger partial charge in [0.05, 0.1) is 10.6 Å². The van der Waals surface area contributed by atoms with E-state index in [9.17, 15) is 21.6 Å². The quantitative estimate of drug-likeness (QED) is 0.766. The molecule has 10 heteroatoms. The molecule has 1 aromatic heterocycles. The van der Waals surface area contributed by atoms with Crippen LogP contribution in [0.5, 0.6) is 0 Å². The number of sulfonamides is 1. The molecule has 0 radical (unpaired) electrons. The lowest BCUT2D eigenvalue weighted by Crippen LogP contribution is -2.30. The molecule has 152 valence electrons. The molecule has 1 aromatic carbocycles. The lowest BCUT2D eigenvalue weighted by atomic mass is 10.1. The second-order valence-electron chi connectivity index (χ2n) is 6.54. The molecule has 0 aliphatic carbocycles. The van der Waals surface area contributed by atoms with Gasteiger partial charge in [0.2, 0.25) is 10.0 Å². The fourth-order valence-corrected chi connectivity index (χ4v) is 4.51. The van der Waals surface area contributed by atoms with E-state index in [-0.39, 0.29) is 11.6 Å². The Kier molecular flexibility index (Phi) is 6.16. The summed E-state index contributed by atoms with van der Waals surface area (Å²) in [6.45, 7) is 1.77. The van der Waals surface area contributed by atoms with Gasteiger partial charge < -0.3 is 4.90 Å². The average molecular weight is 434 g/mol. The summed E-state index contributed by atoms with van der Waals surface area (Å²) < 4.78 is 65.7. The number of anilines is 1. The number of rotatable bonds is 5. The van der Waals surface area contributed by atoms with Crippen LogP contribution in [0.25, 0.3) is 0 Å². The molecule has 0 unspecified atom stereocenters. The minimum absolute atomic E-state index is 0.109. The van der Waals surface area contributed by atoms with E-state index in [1.165, 1.54) is 6.42 Å². The van der Waals surface area contributed by atoms with E-state index >= 15 is 0 Å². The smallest absolute Gasteiger partial charge is 0.357 e. The molecule has 0 amide bonds. The van der Waals surface area contributed by atoms with Crippen LogP contribution in [0.4, 0.5) is 19.0 Å². The fraction of sp³-hybridized carbons (Fsp3) is 0.389. The lowest BCUT2D eigenvalue weighted by Gasteiger charge is -2.27. The zero-order chi connectivity index (χ0) is 20.4. The van der Waals surface area contributed by atoms with Crippen molar-refractivity contribution in [2.75, 3.05) is 18.0 Å². The Morgan fingerprint density at radius 1 is 1.11 bits per heavy atom. The fourth-order valence-electron chi connectivity index (χ4n) is 2.97. The van der Waals surface area contributed by atoms with Crippen molar-refractivity contribution < 1.29 is 21.6 Å². The van der Waals surface area contributed by atoms with E-state index in [4.69, 9.17) is 11.6 Å². The number of benzene rings is 1. The summed E-state index contributed by atoms with van der Waals surface area (Å²) >= 11 is 5.81. The Bertz CT molecular complexity index is 928. The highest BCUT2D eigenvalue weighted by atomic mass is 35.5. The summed E-state index contributed by atoms with van der Waals surface area (Å²) in [7, 11) is -4.22. The first-order valence-electron chi connectivity index (χ1n) is 8.73. The Hall–Kier alpha value is -1.84. The molecule has 0 saturated carbocycles. The maximum Gasteiger partial charge on any atom is 0.416 e. The first-order valence-corrected chi connectivity index (χ1v) is 10.6. The van der Waals surface area contributed by atoms with Crippen LogP contribution in [0, 0.1) is 0 Å². The normalized spacial score (nSPS) is 15.6. The van der Waals surface area contributed by atoms with Crippen LogP contribution < -0.4 is 9.62 Å². The zero-order valence-electron chi connectivity index (χ0n) is 14.8. The van der Waals surface area contributed by atoms with Crippen LogP contribution in [-0.2, 0) is 22.7 Å². The van der Waals surface area contributed by atoms with Gasteiger partial charge in [0.25, 0.3) is 0 Å². The van der Waals surface area contributed by atoms with E-state index in [1.807, 2.05) is 6.07 Å². The largest absolute Gasteiger partial charge is 0.416 e. The number of nitrogens with zero attached hydrogens (tertiary/aromatic N) is 2. The summed E-state index contributed by atoms with van der Waals surface area (Å²) in [5, 5.41) is -0.279. The van der Waals surface area contributed by atoms with Crippen molar-refractivity contribution in [3.05, 3.63) is 52.7 Å². The van der Waals surface area contributed by atoms with E-state index in [1.54, 1.807) is 12.3 Å². The molecule has 2 heterocycles. The molecular weight excluding hydrogens is 415 g/mol. The summed E-state index contributed by atoms with van der Waals surface area (Å²) in [5.41, 5.74) is -0.489. The van der Waals surface area contributed by atoms with E-state index in [0.29, 0.717) is 11.6 Å². The molecule has 1 N–H and O–H groups in total. The molecule has 2 aromatic rings. The number of pyridine rings is 1. The van der Waals surface area contributed by atoms with E-state index in [2.05, 4.69) is 14.6 Å². The van der Waals surface area contributed by atoms with Crippen molar-refractivity contribution >= 4 is 27.4 Å². The molecule has 0 atom stereocenters. The maximum absolute atomic E-state index is 12.9. The zero-order valence-corrected chi connectivity index (χ0v) is 16.4. The van der Waals surface area contributed by atoms with Gasteiger partial charge in [0.1, 0.15) is 10.7 Å². The number of hydrogen-bond acceptors (Lipinski definition) is 4. The molecule has 0 spiro atoms. The summed E-state index contributed by atoms with van der Waals surface area (Å²) in [5.74, 6) is 0.826. The molecular formula is C18H19ClF3N3O2S. The van der Waals surface area contributed by atoms with Crippen LogP contribution in [-0.4, -0.2) is 26.5 Å². The number of alkyl halides is 3. The average Bonchev–Trinajstić information content (AvgIpc) is 2.67. The van der Waals surface area contributed by atoms with Gasteiger partial charge in [-0.25, -0.2) is 18.1 Å². The number of aromatic nitrogens is 1. The van der Waals surface area contributed by atoms with Gasteiger partial charge in [0.15, 0.2) is 0 Å².